The first-order chi connectivity index (χ1) is 12.5. The fourth-order valence-electron chi connectivity index (χ4n) is 3.79. The van der Waals surface area contributed by atoms with E-state index in [0.717, 1.165) is 32.1 Å². The molecule has 1 heterocycles. The van der Waals surface area contributed by atoms with Crippen molar-refractivity contribution in [1.29, 1.82) is 0 Å². The summed E-state index contributed by atoms with van der Waals surface area (Å²) in [6.45, 7) is 3.14. The van der Waals surface area contributed by atoms with Crippen molar-refractivity contribution in [3.63, 3.8) is 0 Å². The number of benzene rings is 1. The van der Waals surface area contributed by atoms with Crippen LogP contribution in [0.1, 0.15) is 45.4 Å². The van der Waals surface area contributed by atoms with Gasteiger partial charge in [0.25, 0.3) is 0 Å². The van der Waals surface area contributed by atoms with Gasteiger partial charge >= 0.3 is 0 Å². The number of hydrogen-bond donors (Lipinski definition) is 1. The summed E-state index contributed by atoms with van der Waals surface area (Å²) >= 11 is 0. The van der Waals surface area contributed by atoms with Crippen LogP contribution in [-0.4, -0.2) is 44.4 Å². The lowest BCUT2D eigenvalue weighted by atomic mass is 9.98. The second-order valence-corrected chi connectivity index (χ2v) is 9.03. The molecule has 1 aromatic carbocycles. The topological polar surface area (TPSA) is 75.7 Å². The van der Waals surface area contributed by atoms with E-state index in [-0.39, 0.29) is 29.3 Å². The second-order valence-electron chi connectivity index (χ2n) is 7.10. The Morgan fingerprint density at radius 1 is 1.15 bits per heavy atom. The molecule has 6 nitrogen and oxygen atoms in total. The minimum absolute atomic E-state index is 0.00323. The van der Waals surface area contributed by atoms with Crippen LogP contribution in [0.25, 0.3) is 0 Å². The molecule has 0 radical (unpaired) electrons. The molecular weight excluding hydrogens is 352 g/mol. The minimum Gasteiger partial charge on any atom is -0.494 e. The summed E-state index contributed by atoms with van der Waals surface area (Å²) < 4.78 is 32.7. The van der Waals surface area contributed by atoms with E-state index >= 15 is 0 Å². The lowest BCUT2D eigenvalue weighted by molar-refractivity contribution is -0.126. The smallest absolute Gasteiger partial charge is 0.243 e. The number of carbonyl (C=O) groups is 1. The Hall–Kier alpha value is -1.60. The van der Waals surface area contributed by atoms with Gasteiger partial charge in [-0.3, -0.25) is 4.79 Å². The Morgan fingerprint density at radius 2 is 1.85 bits per heavy atom. The molecule has 7 heteroatoms. The van der Waals surface area contributed by atoms with Gasteiger partial charge in [-0.2, -0.15) is 4.31 Å². The Balaban J connectivity index is 1.66. The molecule has 1 aliphatic carbocycles. The molecule has 1 atom stereocenters. The molecule has 1 saturated heterocycles. The van der Waals surface area contributed by atoms with Gasteiger partial charge < -0.3 is 10.1 Å². The van der Waals surface area contributed by atoms with Gasteiger partial charge in [-0.15, -0.1) is 0 Å². The lowest BCUT2D eigenvalue weighted by Crippen LogP contribution is -2.47. The number of nitrogens with one attached hydrogen (secondary N) is 1. The first-order valence-electron chi connectivity index (χ1n) is 9.54. The maximum absolute atomic E-state index is 12.9. The van der Waals surface area contributed by atoms with E-state index in [9.17, 15) is 13.2 Å². The maximum Gasteiger partial charge on any atom is 0.243 e. The largest absolute Gasteiger partial charge is 0.494 e. The van der Waals surface area contributed by atoms with Crippen LogP contribution in [0, 0.1) is 5.92 Å². The third-order valence-electron chi connectivity index (χ3n) is 5.23. The van der Waals surface area contributed by atoms with Crippen LogP contribution in [0.5, 0.6) is 5.75 Å². The summed E-state index contributed by atoms with van der Waals surface area (Å²) in [5.41, 5.74) is 0. The standard InChI is InChI=1S/C19H28N2O4S/c1-2-25-17-9-11-18(12-10-17)26(23,24)21-13-5-6-15(14-21)19(22)20-16-7-3-4-8-16/h9-12,15-16H,2-8,13-14H2,1H3,(H,20,22)/t15-/m1/s1. The SMILES string of the molecule is CCOc1ccc(S(=O)(=O)N2CCC[C@@H](C(=O)NC3CCCC3)C2)cc1. The maximum atomic E-state index is 12.9. The summed E-state index contributed by atoms with van der Waals surface area (Å²) in [7, 11) is -3.59. The summed E-state index contributed by atoms with van der Waals surface area (Å²) in [4.78, 5) is 12.8. The predicted octanol–water partition coefficient (Wildman–Crippen LogP) is 2.54. The molecule has 1 saturated carbocycles. The molecule has 0 unspecified atom stereocenters. The van der Waals surface area contributed by atoms with E-state index in [0.29, 0.717) is 25.3 Å². The minimum atomic E-state index is -3.59. The molecule has 1 N–H and O–H groups in total. The Labute approximate surface area is 156 Å². The molecule has 2 aliphatic rings. The van der Waals surface area contributed by atoms with Crippen molar-refractivity contribution in [3.8, 4) is 5.75 Å². The van der Waals surface area contributed by atoms with E-state index in [2.05, 4.69) is 5.32 Å². The zero-order valence-electron chi connectivity index (χ0n) is 15.3. The third kappa shape index (κ3) is 4.38. The third-order valence-corrected chi connectivity index (χ3v) is 7.11. The molecule has 26 heavy (non-hydrogen) atoms. The fourth-order valence-corrected chi connectivity index (χ4v) is 5.31. The molecular formula is C19H28N2O4S. The van der Waals surface area contributed by atoms with Crippen molar-refractivity contribution in [3.05, 3.63) is 24.3 Å². The van der Waals surface area contributed by atoms with Gasteiger partial charge in [-0.25, -0.2) is 8.42 Å². The zero-order valence-corrected chi connectivity index (χ0v) is 16.1. The van der Waals surface area contributed by atoms with E-state index in [1.54, 1.807) is 24.3 Å². The van der Waals surface area contributed by atoms with Crippen LogP contribution in [0.4, 0.5) is 0 Å². The van der Waals surface area contributed by atoms with E-state index in [1.165, 1.54) is 4.31 Å². The van der Waals surface area contributed by atoms with E-state index < -0.39 is 10.0 Å². The average molecular weight is 381 g/mol. The van der Waals surface area contributed by atoms with E-state index in [1.807, 2.05) is 6.92 Å². The highest BCUT2D eigenvalue weighted by Crippen LogP contribution is 2.26. The zero-order chi connectivity index (χ0) is 18.6. The monoisotopic (exact) mass is 380 g/mol. The Kier molecular flexibility index (Phi) is 6.19. The van der Waals surface area contributed by atoms with Crippen LogP contribution >= 0.6 is 0 Å². The molecule has 0 aromatic heterocycles. The summed E-state index contributed by atoms with van der Waals surface area (Å²) in [5.74, 6) is 0.393. The number of rotatable bonds is 6. The van der Waals surface area contributed by atoms with Gasteiger partial charge in [0, 0.05) is 19.1 Å². The van der Waals surface area contributed by atoms with Gasteiger partial charge in [0.1, 0.15) is 5.75 Å². The summed E-state index contributed by atoms with van der Waals surface area (Å²) in [6.07, 6.45) is 5.84. The molecule has 3 rings (SSSR count). The predicted molar refractivity (Wildman–Crippen MR) is 99.5 cm³/mol. The van der Waals surface area contributed by atoms with Crippen molar-refractivity contribution in [1.82, 2.24) is 9.62 Å². The number of nitrogens with zero attached hydrogens (tertiary/aromatic N) is 1. The van der Waals surface area contributed by atoms with Crippen LogP contribution in [-0.2, 0) is 14.8 Å². The number of carbonyl (C=O) groups excluding carboxylic acids is 1. The highest BCUT2D eigenvalue weighted by atomic mass is 32.2. The van der Waals surface area contributed by atoms with Crippen molar-refractivity contribution in [2.24, 2.45) is 5.92 Å². The highest BCUT2D eigenvalue weighted by molar-refractivity contribution is 7.89. The summed E-state index contributed by atoms with van der Waals surface area (Å²) in [6, 6.07) is 6.75. The average Bonchev–Trinajstić information content (AvgIpc) is 3.15. The van der Waals surface area contributed by atoms with Crippen molar-refractivity contribution in [2.45, 2.75) is 56.4 Å². The number of piperidine rings is 1. The molecule has 0 bridgehead atoms. The van der Waals surface area contributed by atoms with Crippen molar-refractivity contribution in [2.75, 3.05) is 19.7 Å². The van der Waals surface area contributed by atoms with Crippen LogP contribution < -0.4 is 10.1 Å². The van der Waals surface area contributed by atoms with E-state index in [4.69, 9.17) is 4.74 Å². The number of amides is 1. The van der Waals surface area contributed by atoms with Gasteiger partial charge in [-0.05, 0) is 56.9 Å². The summed E-state index contributed by atoms with van der Waals surface area (Å²) in [5, 5.41) is 3.10. The molecule has 144 valence electrons. The number of ether oxygens (including phenoxy) is 1. The van der Waals surface area contributed by atoms with Crippen molar-refractivity contribution < 1.29 is 17.9 Å². The number of sulfonamides is 1. The van der Waals surface area contributed by atoms with Gasteiger partial charge in [0.2, 0.25) is 15.9 Å². The fraction of sp³-hybridized carbons (Fsp3) is 0.632. The quantitative estimate of drug-likeness (QED) is 0.823. The van der Waals surface area contributed by atoms with Gasteiger partial charge in [0.15, 0.2) is 0 Å². The van der Waals surface area contributed by atoms with Crippen LogP contribution in [0.3, 0.4) is 0 Å². The van der Waals surface area contributed by atoms with Crippen molar-refractivity contribution >= 4 is 15.9 Å². The molecule has 1 aromatic rings. The molecule has 1 aliphatic heterocycles. The lowest BCUT2D eigenvalue weighted by Gasteiger charge is -2.31. The second kappa shape index (κ2) is 8.39. The normalized spacial score (nSPS) is 22.3. The molecule has 1 amide bonds. The van der Waals surface area contributed by atoms with Gasteiger partial charge in [-0.1, -0.05) is 12.8 Å². The first kappa shape index (κ1) is 19.2. The Morgan fingerprint density at radius 3 is 2.50 bits per heavy atom. The highest BCUT2D eigenvalue weighted by Gasteiger charge is 2.34. The van der Waals surface area contributed by atoms with Gasteiger partial charge in [0.05, 0.1) is 17.4 Å². The number of hydrogen-bond acceptors (Lipinski definition) is 4. The molecule has 2 fully saturated rings. The molecule has 0 spiro atoms. The first-order valence-corrected chi connectivity index (χ1v) is 11.0. The Bertz CT molecular complexity index is 712. The van der Waals surface area contributed by atoms with Crippen LogP contribution in [0.15, 0.2) is 29.2 Å². The van der Waals surface area contributed by atoms with Crippen LogP contribution in [0.2, 0.25) is 0 Å².